The van der Waals surface area contributed by atoms with Gasteiger partial charge in [-0.25, -0.2) is 0 Å². The van der Waals surface area contributed by atoms with Gasteiger partial charge in [0, 0.05) is 43.3 Å². The number of likely N-dealkylation sites (N-methyl/N-ethyl adjacent to an activating group) is 1. The number of carbonyl (C=O) groups is 1. The maximum Gasteiger partial charge on any atom is 0.253 e. The smallest absolute Gasteiger partial charge is 0.253 e. The van der Waals surface area contributed by atoms with Crippen molar-refractivity contribution in [1.82, 2.24) is 9.80 Å². The molecule has 5 heteroatoms. The van der Waals surface area contributed by atoms with Gasteiger partial charge in [-0.2, -0.15) is 0 Å². The van der Waals surface area contributed by atoms with E-state index in [0.29, 0.717) is 22.5 Å². The summed E-state index contributed by atoms with van der Waals surface area (Å²) in [6.07, 6.45) is 2.28. The zero-order valence-corrected chi connectivity index (χ0v) is 13.0. The van der Waals surface area contributed by atoms with Crippen LogP contribution in [0.15, 0.2) is 24.3 Å². The van der Waals surface area contributed by atoms with Crippen molar-refractivity contribution in [2.24, 2.45) is 5.92 Å². The van der Waals surface area contributed by atoms with Gasteiger partial charge in [0.05, 0.1) is 6.10 Å². The quantitative estimate of drug-likeness (QED) is 0.903. The van der Waals surface area contributed by atoms with Crippen molar-refractivity contribution in [3.63, 3.8) is 0 Å². The highest BCUT2D eigenvalue weighted by Crippen LogP contribution is 2.37. The zero-order valence-electron chi connectivity index (χ0n) is 12.2. The Hall–Kier alpha value is -1.10. The molecule has 1 atom stereocenters. The Labute approximate surface area is 130 Å². The van der Waals surface area contributed by atoms with E-state index in [1.165, 1.54) is 12.8 Å². The topological polar surface area (TPSA) is 43.8 Å². The van der Waals surface area contributed by atoms with Crippen LogP contribution in [0.3, 0.4) is 0 Å². The van der Waals surface area contributed by atoms with Gasteiger partial charge in [-0.3, -0.25) is 9.69 Å². The van der Waals surface area contributed by atoms with Crippen molar-refractivity contribution in [1.29, 1.82) is 0 Å². The molecule has 1 heterocycles. The molecule has 0 aromatic heterocycles. The summed E-state index contributed by atoms with van der Waals surface area (Å²) in [5.74, 6) is 0.705. The standard InChI is InChI=1S/C16H21ClN2O2/c1-18(16(21)12-4-6-13(17)7-5-12)10-15(11-2-3-11)19-8-14(20)9-19/h4-7,11,14-15,20H,2-3,8-10H2,1H3. The molecule has 21 heavy (non-hydrogen) atoms. The lowest BCUT2D eigenvalue weighted by Crippen LogP contribution is -2.59. The van der Waals surface area contributed by atoms with E-state index in [4.69, 9.17) is 11.6 Å². The zero-order chi connectivity index (χ0) is 15.0. The van der Waals surface area contributed by atoms with Crippen LogP contribution in [0.2, 0.25) is 5.02 Å². The molecule has 1 aliphatic heterocycles. The molecule has 114 valence electrons. The van der Waals surface area contributed by atoms with E-state index in [-0.39, 0.29) is 12.0 Å². The lowest BCUT2D eigenvalue weighted by atomic mass is 10.0. The molecule has 3 rings (SSSR count). The van der Waals surface area contributed by atoms with Gasteiger partial charge >= 0.3 is 0 Å². The average Bonchev–Trinajstić information content (AvgIpc) is 3.26. The molecule has 1 amide bonds. The maximum atomic E-state index is 12.4. The lowest BCUT2D eigenvalue weighted by molar-refractivity contribution is -0.0354. The van der Waals surface area contributed by atoms with E-state index < -0.39 is 0 Å². The lowest BCUT2D eigenvalue weighted by Gasteiger charge is -2.43. The van der Waals surface area contributed by atoms with Gasteiger partial charge < -0.3 is 10.0 Å². The van der Waals surface area contributed by atoms with Crippen LogP contribution in [0.25, 0.3) is 0 Å². The van der Waals surface area contributed by atoms with Crippen LogP contribution in [0.1, 0.15) is 23.2 Å². The molecule has 1 saturated heterocycles. The molecular formula is C16H21ClN2O2. The predicted molar refractivity (Wildman–Crippen MR) is 82.5 cm³/mol. The average molecular weight is 309 g/mol. The first kappa shape index (κ1) is 14.8. The van der Waals surface area contributed by atoms with Crippen molar-refractivity contribution in [3.8, 4) is 0 Å². The molecule has 1 aliphatic carbocycles. The van der Waals surface area contributed by atoms with Gasteiger partial charge in [-0.05, 0) is 43.0 Å². The van der Waals surface area contributed by atoms with Crippen LogP contribution in [-0.4, -0.2) is 59.6 Å². The maximum absolute atomic E-state index is 12.4. The molecule has 0 radical (unpaired) electrons. The van der Waals surface area contributed by atoms with Gasteiger partial charge in [0.15, 0.2) is 0 Å². The van der Waals surface area contributed by atoms with E-state index >= 15 is 0 Å². The van der Waals surface area contributed by atoms with Crippen LogP contribution in [0.5, 0.6) is 0 Å². The summed E-state index contributed by atoms with van der Waals surface area (Å²) in [7, 11) is 1.85. The monoisotopic (exact) mass is 308 g/mol. The number of nitrogens with zero attached hydrogens (tertiary/aromatic N) is 2. The van der Waals surface area contributed by atoms with Crippen molar-refractivity contribution in [2.75, 3.05) is 26.7 Å². The second-order valence-electron chi connectivity index (χ2n) is 6.21. The molecule has 4 nitrogen and oxygen atoms in total. The summed E-state index contributed by atoms with van der Waals surface area (Å²) in [6, 6.07) is 7.40. The highest BCUT2D eigenvalue weighted by molar-refractivity contribution is 6.30. The molecule has 0 bridgehead atoms. The minimum Gasteiger partial charge on any atom is -0.390 e. The fourth-order valence-corrected chi connectivity index (χ4v) is 3.10. The second-order valence-corrected chi connectivity index (χ2v) is 6.64. The Balaban J connectivity index is 1.62. The second kappa shape index (κ2) is 5.95. The minimum absolute atomic E-state index is 0.0263. The van der Waals surface area contributed by atoms with Crippen LogP contribution >= 0.6 is 11.6 Å². The molecule has 2 fully saturated rings. The number of rotatable bonds is 5. The van der Waals surface area contributed by atoms with E-state index in [2.05, 4.69) is 4.90 Å². The highest BCUT2D eigenvalue weighted by atomic mass is 35.5. The Kier molecular flexibility index (Phi) is 4.20. The number of benzene rings is 1. The number of β-amino-alcohol motifs (C(OH)–C–C–N with tert-alkyl or cyclic N) is 1. The predicted octanol–water partition coefficient (Wildman–Crippen LogP) is 1.87. The largest absolute Gasteiger partial charge is 0.390 e. The van der Waals surface area contributed by atoms with E-state index in [0.717, 1.165) is 19.6 Å². The van der Waals surface area contributed by atoms with Crippen molar-refractivity contribution in [3.05, 3.63) is 34.9 Å². The van der Waals surface area contributed by atoms with Gasteiger partial charge in [-0.15, -0.1) is 0 Å². The summed E-state index contributed by atoms with van der Waals surface area (Å²) in [4.78, 5) is 16.5. The van der Waals surface area contributed by atoms with Crippen molar-refractivity contribution in [2.45, 2.75) is 25.0 Å². The first-order valence-electron chi connectivity index (χ1n) is 7.47. The number of hydrogen-bond acceptors (Lipinski definition) is 3. The fraction of sp³-hybridized carbons (Fsp3) is 0.562. The molecule has 1 unspecified atom stereocenters. The van der Waals surface area contributed by atoms with E-state index in [9.17, 15) is 9.90 Å². The summed E-state index contributed by atoms with van der Waals surface area (Å²) in [6.45, 7) is 2.20. The first-order chi connectivity index (χ1) is 10.0. The number of hydrogen-bond donors (Lipinski definition) is 1. The molecule has 2 aliphatic rings. The third-order valence-corrected chi connectivity index (χ3v) is 4.68. The summed E-state index contributed by atoms with van der Waals surface area (Å²) >= 11 is 5.86. The molecule has 1 saturated carbocycles. The van der Waals surface area contributed by atoms with Gasteiger partial charge in [0.1, 0.15) is 0 Å². The molecule has 0 spiro atoms. The Morgan fingerprint density at radius 3 is 2.52 bits per heavy atom. The van der Waals surface area contributed by atoms with Crippen molar-refractivity contribution < 1.29 is 9.90 Å². The number of carbonyl (C=O) groups excluding carboxylic acids is 1. The number of aliphatic hydroxyl groups is 1. The highest BCUT2D eigenvalue weighted by Gasteiger charge is 2.41. The number of amides is 1. The Morgan fingerprint density at radius 2 is 2.00 bits per heavy atom. The number of likely N-dealkylation sites (tertiary alicyclic amines) is 1. The van der Waals surface area contributed by atoms with Crippen LogP contribution in [0, 0.1) is 5.92 Å². The normalized spacial score (nSPS) is 20.9. The Bertz CT molecular complexity index is 510. The molecule has 1 aromatic carbocycles. The number of aliphatic hydroxyl groups excluding tert-OH is 1. The third kappa shape index (κ3) is 3.39. The van der Waals surface area contributed by atoms with Crippen LogP contribution in [0.4, 0.5) is 0 Å². The van der Waals surface area contributed by atoms with Gasteiger partial charge in [0.25, 0.3) is 5.91 Å². The SMILES string of the molecule is CN(CC(C1CC1)N1CC(O)C1)C(=O)c1ccc(Cl)cc1. The van der Waals surface area contributed by atoms with Gasteiger partial charge in [0.2, 0.25) is 0 Å². The molecule has 1 N–H and O–H groups in total. The minimum atomic E-state index is -0.191. The molecule has 1 aromatic rings. The fourth-order valence-electron chi connectivity index (χ4n) is 2.98. The first-order valence-corrected chi connectivity index (χ1v) is 7.85. The summed E-state index contributed by atoms with van der Waals surface area (Å²) in [5.41, 5.74) is 0.667. The number of halogens is 1. The van der Waals surface area contributed by atoms with Crippen molar-refractivity contribution >= 4 is 17.5 Å². The Morgan fingerprint density at radius 1 is 1.38 bits per heavy atom. The van der Waals surface area contributed by atoms with E-state index in [1.807, 2.05) is 7.05 Å². The van der Waals surface area contributed by atoms with Crippen LogP contribution < -0.4 is 0 Å². The van der Waals surface area contributed by atoms with Crippen LogP contribution in [-0.2, 0) is 0 Å². The van der Waals surface area contributed by atoms with E-state index in [1.54, 1.807) is 29.2 Å². The summed E-state index contributed by atoms with van der Waals surface area (Å²) in [5, 5.41) is 10.1. The summed E-state index contributed by atoms with van der Waals surface area (Å²) < 4.78 is 0. The molecular weight excluding hydrogens is 288 g/mol. The third-order valence-electron chi connectivity index (χ3n) is 4.42. The van der Waals surface area contributed by atoms with Gasteiger partial charge in [-0.1, -0.05) is 11.6 Å².